The molecule has 1 aliphatic heterocycles. The number of oxime groups is 1. The minimum Gasteiger partial charge on any atom is -0.465 e. The molecule has 0 bridgehead atoms. The SMILES string of the molecule is COCC(=NO)C1(C)CCN(C(=O)O)CC1. The molecule has 2 N–H and O–H groups in total. The highest BCUT2D eigenvalue weighted by Crippen LogP contribution is 2.32. The van der Waals surface area contributed by atoms with Crippen LogP contribution in [-0.4, -0.2) is 53.8 Å². The number of nitrogens with zero attached hydrogens (tertiary/aromatic N) is 2. The fourth-order valence-corrected chi connectivity index (χ4v) is 1.94. The largest absolute Gasteiger partial charge is 0.465 e. The van der Waals surface area contributed by atoms with Crippen LogP contribution in [0.5, 0.6) is 0 Å². The van der Waals surface area contributed by atoms with E-state index in [2.05, 4.69) is 5.16 Å². The van der Waals surface area contributed by atoms with Crippen LogP contribution < -0.4 is 0 Å². The smallest absolute Gasteiger partial charge is 0.407 e. The summed E-state index contributed by atoms with van der Waals surface area (Å²) in [7, 11) is 1.54. The zero-order valence-corrected chi connectivity index (χ0v) is 9.64. The second kappa shape index (κ2) is 5.16. The molecular weight excluding hydrogens is 212 g/mol. The number of methoxy groups -OCH3 is 1. The van der Waals surface area contributed by atoms with Crippen LogP contribution in [-0.2, 0) is 4.74 Å². The van der Waals surface area contributed by atoms with Gasteiger partial charge in [0.15, 0.2) is 0 Å². The summed E-state index contributed by atoms with van der Waals surface area (Å²) in [6.45, 7) is 3.18. The molecule has 0 radical (unpaired) electrons. The Labute approximate surface area is 94.5 Å². The molecule has 0 spiro atoms. The topological polar surface area (TPSA) is 82.4 Å². The summed E-state index contributed by atoms with van der Waals surface area (Å²) in [6.07, 6.45) is 0.417. The van der Waals surface area contributed by atoms with Gasteiger partial charge >= 0.3 is 6.09 Å². The summed E-state index contributed by atoms with van der Waals surface area (Å²) in [5.41, 5.74) is 0.316. The molecule has 6 nitrogen and oxygen atoms in total. The first-order chi connectivity index (χ1) is 7.53. The molecule has 1 rings (SSSR count). The van der Waals surface area contributed by atoms with Gasteiger partial charge in [-0.05, 0) is 12.8 Å². The average molecular weight is 230 g/mol. The van der Waals surface area contributed by atoms with Crippen molar-refractivity contribution >= 4 is 11.8 Å². The quantitative estimate of drug-likeness (QED) is 0.434. The molecule has 0 saturated carbocycles. The zero-order valence-electron chi connectivity index (χ0n) is 9.64. The molecule has 0 atom stereocenters. The number of rotatable bonds is 3. The van der Waals surface area contributed by atoms with Crippen molar-refractivity contribution < 1.29 is 19.8 Å². The summed E-state index contributed by atoms with van der Waals surface area (Å²) in [5, 5.41) is 21.0. The number of hydrogen-bond acceptors (Lipinski definition) is 4. The van der Waals surface area contributed by atoms with Crippen LogP contribution in [0.1, 0.15) is 19.8 Å². The van der Waals surface area contributed by atoms with Crippen LogP contribution in [0.25, 0.3) is 0 Å². The lowest BCUT2D eigenvalue weighted by atomic mass is 9.76. The fraction of sp³-hybridized carbons (Fsp3) is 0.800. The number of hydrogen-bond donors (Lipinski definition) is 2. The molecule has 1 aliphatic rings. The van der Waals surface area contributed by atoms with Crippen molar-refractivity contribution in [2.75, 3.05) is 26.8 Å². The van der Waals surface area contributed by atoms with Crippen molar-refractivity contribution in [1.82, 2.24) is 4.90 Å². The molecular formula is C10H18N2O4. The molecule has 0 aromatic heterocycles. The molecule has 0 aromatic rings. The van der Waals surface area contributed by atoms with E-state index in [-0.39, 0.29) is 12.0 Å². The van der Waals surface area contributed by atoms with Crippen molar-refractivity contribution in [1.29, 1.82) is 0 Å². The van der Waals surface area contributed by atoms with Crippen LogP contribution >= 0.6 is 0 Å². The third kappa shape index (κ3) is 2.63. The summed E-state index contributed by atoms with van der Waals surface area (Å²) in [5.74, 6) is 0. The lowest BCUT2D eigenvalue weighted by Gasteiger charge is -2.38. The van der Waals surface area contributed by atoms with Gasteiger partial charge < -0.3 is 20.0 Å². The second-order valence-corrected chi connectivity index (χ2v) is 4.31. The predicted molar refractivity (Wildman–Crippen MR) is 58.0 cm³/mol. The van der Waals surface area contributed by atoms with E-state index in [4.69, 9.17) is 15.1 Å². The van der Waals surface area contributed by atoms with E-state index in [1.807, 2.05) is 6.92 Å². The number of likely N-dealkylation sites (tertiary alicyclic amines) is 1. The standard InChI is InChI=1S/C10H18N2O4/c1-10(8(11-15)7-16-2)3-5-12(6-4-10)9(13)14/h15H,3-7H2,1-2H3,(H,13,14). The van der Waals surface area contributed by atoms with E-state index in [1.165, 1.54) is 4.90 Å². The van der Waals surface area contributed by atoms with Crippen LogP contribution in [0.2, 0.25) is 0 Å². The Balaban J connectivity index is 2.65. The Morgan fingerprint density at radius 3 is 2.44 bits per heavy atom. The van der Waals surface area contributed by atoms with E-state index in [0.717, 1.165) is 0 Å². The summed E-state index contributed by atoms with van der Waals surface area (Å²) in [4.78, 5) is 12.1. The van der Waals surface area contributed by atoms with Gasteiger partial charge in [0.2, 0.25) is 0 Å². The van der Waals surface area contributed by atoms with E-state index >= 15 is 0 Å². The van der Waals surface area contributed by atoms with E-state index < -0.39 is 6.09 Å². The normalized spacial score (nSPS) is 20.9. The number of carbonyl (C=O) groups is 1. The fourth-order valence-electron chi connectivity index (χ4n) is 1.94. The minimum atomic E-state index is -0.892. The maximum absolute atomic E-state index is 10.8. The van der Waals surface area contributed by atoms with Crippen molar-refractivity contribution in [3.63, 3.8) is 0 Å². The molecule has 0 aliphatic carbocycles. The van der Waals surface area contributed by atoms with E-state index in [1.54, 1.807) is 7.11 Å². The molecule has 16 heavy (non-hydrogen) atoms. The molecule has 92 valence electrons. The third-order valence-corrected chi connectivity index (χ3v) is 3.24. The Bertz CT molecular complexity index is 283. The predicted octanol–water partition coefficient (Wildman–Crippen LogP) is 1.24. The lowest BCUT2D eigenvalue weighted by Crippen LogP contribution is -2.45. The number of amides is 1. The molecule has 6 heteroatoms. The van der Waals surface area contributed by atoms with E-state index in [0.29, 0.717) is 31.6 Å². The number of carboxylic acid groups (broad SMARTS) is 1. The second-order valence-electron chi connectivity index (χ2n) is 4.31. The number of ether oxygens (including phenoxy) is 1. The highest BCUT2D eigenvalue weighted by molar-refractivity contribution is 5.90. The highest BCUT2D eigenvalue weighted by atomic mass is 16.5. The van der Waals surface area contributed by atoms with Gasteiger partial charge in [-0.1, -0.05) is 12.1 Å². The first kappa shape index (κ1) is 12.8. The van der Waals surface area contributed by atoms with Crippen molar-refractivity contribution in [2.24, 2.45) is 10.6 Å². The van der Waals surface area contributed by atoms with Crippen LogP contribution in [0, 0.1) is 5.41 Å². The summed E-state index contributed by atoms with van der Waals surface area (Å²) in [6, 6.07) is 0. The van der Waals surface area contributed by atoms with Gasteiger partial charge in [-0.2, -0.15) is 0 Å². The molecule has 1 fully saturated rings. The molecule has 0 unspecified atom stereocenters. The van der Waals surface area contributed by atoms with Crippen molar-refractivity contribution in [2.45, 2.75) is 19.8 Å². The van der Waals surface area contributed by atoms with Gasteiger partial charge in [0.05, 0.1) is 12.3 Å². The van der Waals surface area contributed by atoms with Crippen LogP contribution in [0.15, 0.2) is 5.16 Å². The van der Waals surface area contributed by atoms with Gasteiger partial charge in [0.25, 0.3) is 0 Å². The van der Waals surface area contributed by atoms with Gasteiger partial charge in [0.1, 0.15) is 0 Å². The van der Waals surface area contributed by atoms with Gasteiger partial charge in [0, 0.05) is 25.6 Å². The van der Waals surface area contributed by atoms with Gasteiger partial charge in [-0.3, -0.25) is 0 Å². The minimum absolute atomic E-state index is 0.267. The first-order valence-corrected chi connectivity index (χ1v) is 5.21. The summed E-state index contributed by atoms with van der Waals surface area (Å²) >= 11 is 0. The Morgan fingerprint density at radius 1 is 1.50 bits per heavy atom. The maximum Gasteiger partial charge on any atom is 0.407 e. The van der Waals surface area contributed by atoms with Crippen molar-refractivity contribution in [3.8, 4) is 0 Å². The molecule has 1 saturated heterocycles. The molecule has 1 amide bonds. The molecule has 0 aromatic carbocycles. The lowest BCUT2D eigenvalue weighted by molar-refractivity contribution is 0.114. The summed E-state index contributed by atoms with van der Waals surface area (Å²) < 4.78 is 4.97. The average Bonchev–Trinajstić information content (AvgIpc) is 2.26. The number of piperidine rings is 1. The monoisotopic (exact) mass is 230 g/mol. The Kier molecular flexibility index (Phi) is 4.12. The van der Waals surface area contributed by atoms with Crippen LogP contribution in [0.3, 0.4) is 0 Å². The third-order valence-electron chi connectivity index (χ3n) is 3.24. The van der Waals surface area contributed by atoms with Gasteiger partial charge in [-0.25, -0.2) is 4.79 Å². The maximum atomic E-state index is 10.8. The Morgan fingerprint density at radius 2 is 2.06 bits per heavy atom. The Hall–Kier alpha value is -1.30. The highest BCUT2D eigenvalue weighted by Gasteiger charge is 2.36. The first-order valence-electron chi connectivity index (χ1n) is 5.21. The zero-order chi connectivity index (χ0) is 12.2. The van der Waals surface area contributed by atoms with Crippen LogP contribution in [0.4, 0.5) is 4.79 Å². The van der Waals surface area contributed by atoms with Gasteiger partial charge in [-0.15, -0.1) is 0 Å². The van der Waals surface area contributed by atoms with Crippen molar-refractivity contribution in [3.05, 3.63) is 0 Å². The van der Waals surface area contributed by atoms with E-state index in [9.17, 15) is 4.79 Å². The molecule has 1 heterocycles.